The number of carbonyl (C=O) groups excluding carboxylic acids is 5. The lowest BCUT2D eigenvalue weighted by molar-refractivity contribution is -0.148. The van der Waals surface area contributed by atoms with Crippen LogP contribution in [0.25, 0.3) is 10.4 Å². The molecule has 2 heterocycles. The summed E-state index contributed by atoms with van der Waals surface area (Å²) in [5.74, 6) is -2.73. The number of hydrogen-bond donors (Lipinski definition) is 3. The molecule has 1 fully saturated rings. The Morgan fingerprint density at radius 1 is 0.920 bits per heavy atom. The molecule has 75 heavy (non-hydrogen) atoms. The number of aliphatic hydroxyl groups excluding tert-OH is 1. The third-order valence-electron chi connectivity index (χ3n) is 14.5. The molecule has 2 aromatic rings. The van der Waals surface area contributed by atoms with E-state index >= 15 is 0 Å². The Kier molecular flexibility index (Phi) is 26.4. The third-order valence-corrected chi connectivity index (χ3v) is 24.3. The third kappa shape index (κ3) is 19.2. The second kappa shape index (κ2) is 30.5. The molecule has 1 aliphatic heterocycles. The van der Waals surface area contributed by atoms with E-state index in [0.29, 0.717) is 36.5 Å². The number of rotatable bonds is 31. The smallest absolute Gasteiger partial charge is 0.245 e. The van der Waals surface area contributed by atoms with Gasteiger partial charge in [-0.3, -0.25) is 24.0 Å². The topological polar surface area (TPSA) is 242 Å². The number of aromatic nitrogens is 2. The first-order valence-electron chi connectivity index (χ1n) is 26.6. The number of likely N-dealkylation sites (tertiary alicyclic amines) is 1. The number of likely N-dealkylation sites (N-methyl/N-ethyl adjacent to an activating group) is 2. The van der Waals surface area contributed by atoms with Crippen molar-refractivity contribution in [3.8, 4) is 0 Å². The van der Waals surface area contributed by atoms with E-state index in [9.17, 15) is 29.1 Å². The summed E-state index contributed by atoms with van der Waals surface area (Å²) in [6, 6.07) is 6.61. The Balaban J connectivity index is 1.67. The van der Waals surface area contributed by atoms with Crippen LogP contribution < -0.4 is 10.6 Å². The molecule has 0 radical (unpaired) electrons. The molecule has 420 valence electrons. The van der Waals surface area contributed by atoms with Crippen molar-refractivity contribution in [3.63, 3.8) is 0 Å². The monoisotopic (exact) mass is 1100 g/mol. The normalized spacial score (nSPS) is 17.7. The summed E-state index contributed by atoms with van der Waals surface area (Å²) in [6.07, 6.45) is 3.93. The molecule has 19 nitrogen and oxygen atoms in total. The molecule has 0 bridgehead atoms. The van der Waals surface area contributed by atoms with E-state index in [0.717, 1.165) is 23.4 Å². The summed E-state index contributed by atoms with van der Waals surface area (Å²) in [7, 11) is 2.07. The van der Waals surface area contributed by atoms with Crippen LogP contribution in [0.4, 0.5) is 0 Å². The van der Waals surface area contributed by atoms with Gasteiger partial charge in [0.25, 0.3) is 0 Å². The summed E-state index contributed by atoms with van der Waals surface area (Å²) < 4.78 is 18.9. The summed E-state index contributed by atoms with van der Waals surface area (Å²) in [5.41, 5.74) is 10.0. The molecule has 1 aromatic carbocycles. The number of nitrogens with zero attached hydrogens (tertiary/aromatic N) is 8. The lowest BCUT2D eigenvalue weighted by Gasteiger charge is -2.41. The van der Waals surface area contributed by atoms with Gasteiger partial charge in [0.1, 0.15) is 12.1 Å². The predicted molar refractivity (Wildman–Crippen MR) is 299 cm³/mol. The Hall–Kier alpha value is -4.42. The Labute approximate surface area is 453 Å². The lowest BCUT2D eigenvalue weighted by Crippen LogP contribution is -2.60. The van der Waals surface area contributed by atoms with E-state index < -0.39 is 77.0 Å². The summed E-state index contributed by atoms with van der Waals surface area (Å²) in [6.45, 7) is 24.4. The molecule has 1 aromatic heterocycles. The fourth-order valence-corrected chi connectivity index (χ4v) is 20.6. The molecule has 3 N–H and O–H groups in total. The van der Waals surface area contributed by atoms with E-state index in [-0.39, 0.29) is 60.8 Å². The number of amides is 5. The molecule has 0 saturated carbocycles. The fourth-order valence-electron chi connectivity index (χ4n) is 10.3. The van der Waals surface area contributed by atoms with Gasteiger partial charge >= 0.3 is 0 Å². The molecule has 5 amide bonds. The highest BCUT2D eigenvalue weighted by Gasteiger charge is 2.44. The van der Waals surface area contributed by atoms with Crippen LogP contribution in [0.3, 0.4) is 0 Å². The van der Waals surface area contributed by atoms with Crippen LogP contribution >= 0.6 is 11.8 Å². The van der Waals surface area contributed by atoms with Gasteiger partial charge in [-0.25, -0.2) is 9.97 Å². The molecule has 22 heteroatoms. The van der Waals surface area contributed by atoms with E-state index in [1.807, 2.05) is 71.9 Å². The van der Waals surface area contributed by atoms with Crippen LogP contribution in [-0.2, 0) is 44.1 Å². The van der Waals surface area contributed by atoms with Gasteiger partial charge in [-0.1, -0.05) is 102 Å². The van der Waals surface area contributed by atoms with Crippen LogP contribution in [0.1, 0.15) is 111 Å². The average Bonchev–Trinajstić information content (AvgIpc) is 3.85. The summed E-state index contributed by atoms with van der Waals surface area (Å²) in [4.78, 5) is 87.4. The van der Waals surface area contributed by atoms with Crippen molar-refractivity contribution in [2.75, 3.05) is 40.2 Å². The van der Waals surface area contributed by atoms with Crippen molar-refractivity contribution >= 4 is 57.9 Å². The van der Waals surface area contributed by atoms with Crippen molar-refractivity contribution in [1.82, 2.24) is 35.3 Å². The standard InChI is InChI=1S/C53H90N10O9SSi2/c1-17-36(6)47(42(70-11)29-44(65)63-27-21-25-41(63)49(71-12)37(7)50(67)58-38(8)48(66)40-23-19-18-20-24-40)62(10)52(69)45(34(2)3)59-51(68)46(35(4)5)61(9)43(64)26-22-28-74(13,14)72-75(15,16)33-73-53-55-30-39(31-56-53)32-57-60-54/h18-20,23-24,30-31,34-38,41-42,45-49,66H,17,21-22,25-29,32-33H2,1-16H3,(H,58,67)(H,59,68)/t36-,37+,38+,41-,42+,45-,46-,47-,48+,49+/m1/s1. The highest BCUT2D eigenvalue weighted by atomic mass is 32.2. The minimum absolute atomic E-state index is 0.0318. The van der Waals surface area contributed by atoms with Crippen LogP contribution in [0, 0.1) is 23.7 Å². The van der Waals surface area contributed by atoms with Gasteiger partial charge in [0, 0.05) is 64.0 Å². The maximum Gasteiger partial charge on any atom is 0.245 e. The van der Waals surface area contributed by atoms with Gasteiger partial charge in [0.05, 0.1) is 55.3 Å². The average molecular weight is 1100 g/mol. The molecular weight excluding hydrogens is 1010 g/mol. The van der Waals surface area contributed by atoms with Gasteiger partial charge < -0.3 is 44.0 Å². The minimum Gasteiger partial charge on any atom is -0.455 e. The van der Waals surface area contributed by atoms with Crippen LogP contribution in [-0.4, -0.2) is 159 Å². The van der Waals surface area contributed by atoms with Crippen LogP contribution in [0.2, 0.25) is 32.2 Å². The Morgan fingerprint density at radius 2 is 1.56 bits per heavy atom. The number of hydrogen-bond acceptors (Lipinski definition) is 13. The Bertz CT molecular complexity index is 2190. The van der Waals surface area contributed by atoms with Gasteiger partial charge in [-0.05, 0) is 92.8 Å². The first-order valence-corrected chi connectivity index (χ1v) is 33.8. The summed E-state index contributed by atoms with van der Waals surface area (Å²) in [5, 5.41) is 21.9. The van der Waals surface area contributed by atoms with E-state index in [1.54, 1.807) is 64.4 Å². The van der Waals surface area contributed by atoms with E-state index in [4.69, 9.17) is 19.1 Å². The van der Waals surface area contributed by atoms with Crippen molar-refractivity contribution in [2.45, 2.75) is 186 Å². The zero-order valence-electron chi connectivity index (χ0n) is 47.7. The number of aliphatic hydroxyl groups is 1. The number of nitrogens with one attached hydrogen (secondary N) is 2. The first kappa shape index (κ1) is 64.9. The van der Waals surface area contributed by atoms with Gasteiger partial charge in [-0.15, -0.1) is 0 Å². The molecular formula is C53H90N10O9SSi2. The van der Waals surface area contributed by atoms with Gasteiger partial charge in [0.15, 0.2) is 21.8 Å². The highest BCUT2D eigenvalue weighted by molar-refractivity contribution is 8.00. The molecule has 1 saturated heterocycles. The van der Waals surface area contributed by atoms with Gasteiger partial charge in [0.2, 0.25) is 29.5 Å². The predicted octanol–water partition coefficient (Wildman–Crippen LogP) is 7.91. The lowest BCUT2D eigenvalue weighted by atomic mass is 9.89. The summed E-state index contributed by atoms with van der Waals surface area (Å²) >= 11 is 1.54. The van der Waals surface area contributed by atoms with Crippen LogP contribution in [0.5, 0.6) is 0 Å². The minimum atomic E-state index is -2.20. The number of thioether (sulfide) groups is 1. The van der Waals surface area contributed by atoms with Crippen molar-refractivity contribution in [2.24, 2.45) is 28.8 Å². The largest absolute Gasteiger partial charge is 0.455 e. The maximum absolute atomic E-state index is 14.7. The molecule has 3 rings (SSSR count). The van der Waals surface area contributed by atoms with E-state index in [2.05, 4.69) is 56.8 Å². The second-order valence-electron chi connectivity index (χ2n) is 22.2. The number of methoxy groups -OCH3 is 2. The molecule has 0 spiro atoms. The SMILES string of the molecule is CC[C@@H](C)[C@H]([C@H](CC(=O)N1CCC[C@@H]1[C@@H](OC)[C@H](C)C(=O)N[C@@H](C)[C@H](O)c1ccccc1)OC)N(C)C(=O)[C@H](NC(=O)[C@@H](C(C)C)N(C)C(=O)CCC[Si](C)(C)O[Si](C)(C)CSc1ncc(CN=[N+]=[N-])cn1)C(C)C. The number of benzene rings is 1. The zero-order valence-corrected chi connectivity index (χ0v) is 50.6. The zero-order chi connectivity index (χ0) is 56.4. The fraction of sp³-hybridized carbons (Fsp3) is 0.717. The first-order chi connectivity index (χ1) is 35.2. The van der Waals surface area contributed by atoms with Crippen LogP contribution in [0.15, 0.2) is 53.0 Å². The van der Waals surface area contributed by atoms with Crippen molar-refractivity contribution in [1.29, 1.82) is 0 Å². The van der Waals surface area contributed by atoms with Gasteiger partial charge in [-0.2, -0.15) is 0 Å². The quantitative estimate of drug-likeness (QED) is 0.0163. The number of carbonyl (C=O) groups is 5. The number of azide groups is 1. The molecule has 1 aliphatic rings. The molecule has 0 unspecified atom stereocenters. The Morgan fingerprint density at radius 3 is 2.12 bits per heavy atom. The van der Waals surface area contributed by atoms with Crippen molar-refractivity contribution in [3.05, 3.63) is 64.3 Å². The highest BCUT2D eigenvalue weighted by Crippen LogP contribution is 2.31. The van der Waals surface area contributed by atoms with Crippen molar-refractivity contribution < 1.29 is 42.7 Å². The maximum atomic E-state index is 14.7. The molecule has 10 atom stereocenters. The van der Waals surface area contributed by atoms with E-state index in [1.165, 1.54) is 16.7 Å². The number of ether oxygens (including phenoxy) is 2. The second-order valence-corrected chi connectivity index (χ2v) is 32.4. The molecule has 0 aliphatic carbocycles.